The SMILES string of the molecule is N#Cc1cc(Cl)ccc1N1CCCCC1CN. The van der Waals surface area contributed by atoms with Gasteiger partial charge in [0.2, 0.25) is 0 Å². The Kier molecular flexibility index (Phi) is 3.88. The monoisotopic (exact) mass is 249 g/mol. The highest BCUT2D eigenvalue weighted by atomic mass is 35.5. The quantitative estimate of drug-likeness (QED) is 0.876. The second kappa shape index (κ2) is 5.39. The maximum absolute atomic E-state index is 9.17. The van der Waals surface area contributed by atoms with Crippen molar-refractivity contribution < 1.29 is 0 Å². The fourth-order valence-corrected chi connectivity index (χ4v) is 2.58. The van der Waals surface area contributed by atoms with E-state index in [0.717, 1.165) is 25.1 Å². The maximum Gasteiger partial charge on any atom is 0.101 e. The van der Waals surface area contributed by atoms with Gasteiger partial charge in [-0.1, -0.05) is 11.6 Å². The van der Waals surface area contributed by atoms with Crippen molar-refractivity contribution in [1.82, 2.24) is 0 Å². The van der Waals surface area contributed by atoms with Gasteiger partial charge in [-0.25, -0.2) is 0 Å². The lowest BCUT2D eigenvalue weighted by molar-refractivity contribution is 0.465. The average Bonchev–Trinajstić information content (AvgIpc) is 2.38. The minimum Gasteiger partial charge on any atom is -0.366 e. The van der Waals surface area contributed by atoms with Gasteiger partial charge >= 0.3 is 0 Å². The fourth-order valence-electron chi connectivity index (χ4n) is 2.41. The van der Waals surface area contributed by atoms with Gasteiger partial charge in [0.1, 0.15) is 6.07 Å². The summed E-state index contributed by atoms with van der Waals surface area (Å²) in [6.45, 7) is 1.60. The van der Waals surface area contributed by atoms with Crippen molar-refractivity contribution in [2.24, 2.45) is 5.73 Å². The van der Waals surface area contributed by atoms with Crippen LogP contribution >= 0.6 is 11.6 Å². The largest absolute Gasteiger partial charge is 0.366 e. The van der Waals surface area contributed by atoms with Gasteiger partial charge in [0.25, 0.3) is 0 Å². The first-order valence-electron chi connectivity index (χ1n) is 5.92. The highest BCUT2D eigenvalue weighted by Gasteiger charge is 2.23. The molecule has 1 aromatic rings. The summed E-state index contributed by atoms with van der Waals surface area (Å²) in [6, 6.07) is 8.04. The molecule has 1 fully saturated rings. The van der Waals surface area contributed by atoms with Crippen molar-refractivity contribution in [3.8, 4) is 6.07 Å². The Morgan fingerprint density at radius 2 is 2.29 bits per heavy atom. The molecule has 1 aromatic carbocycles. The Labute approximate surface area is 107 Å². The van der Waals surface area contributed by atoms with Gasteiger partial charge in [-0.2, -0.15) is 5.26 Å². The molecule has 2 N–H and O–H groups in total. The summed E-state index contributed by atoms with van der Waals surface area (Å²) in [5.74, 6) is 0. The highest BCUT2D eigenvalue weighted by molar-refractivity contribution is 6.30. The number of rotatable bonds is 2. The summed E-state index contributed by atoms with van der Waals surface area (Å²) in [6.07, 6.45) is 3.47. The number of hydrogen-bond donors (Lipinski definition) is 1. The van der Waals surface area contributed by atoms with Gasteiger partial charge in [-0.05, 0) is 37.5 Å². The molecule has 90 valence electrons. The van der Waals surface area contributed by atoms with Gasteiger partial charge in [0, 0.05) is 24.2 Å². The molecule has 1 aliphatic rings. The summed E-state index contributed by atoms with van der Waals surface area (Å²) in [5.41, 5.74) is 7.40. The van der Waals surface area contributed by atoms with Gasteiger partial charge in [0.05, 0.1) is 11.3 Å². The molecule has 1 aliphatic heterocycles. The molecular formula is C13H16ClN3. The third kappa shape index (κ3) is 2.54. The molecule has 0 saturated carbocycles. The summed E-state index contributed by atoms with van der Waals surface area (Å²) in [4.78, 5) is 2.25. The number of nitrogens with two attached hydrogens (primary N) is 1. The van der Waals surface area contributed by atoms with Crippen LogP contribution in [-0.2, 0) is 0 Å². The number of hydrogen-bond acceptors (Lipinski definition) is 3. The summed E-state index contributed by atoms with van der Waals surface area (Å²) in [5, 5.41) is 9.77. The molecule has 1 unspecified atom stereocenters. The molecule has 0 aromatic heterocycles. The molecule has 0 bridgehead atoms. The first-order chi connectivity index (χ1) is 8.26. The Morgan fingerprint density at radius 3 is 3.00 bits per heavy atom. The Hall–Kier alpha value is -1.24. The minimum atomic E-state index is 0.344. The average molecular weight is 250 g/mol. The van der Waals surface area contributed by atoms with Crippen molar-refractivity contribution in [3.05, 3.63) is 28.8 Å². The van der Waals surface area contributed by atoms with Crippen molar-refractivity contribution >= 4 is 17.3 Å². The van der Waals surface area contributed by atoms with E-state index in [1.165, 1.54) is 6.42 Å². The molecule has 3 nitrogen and oxygen atoms in total. The summed E-state index contributed by atoms with van der Waals surface area (Å²) < 4.78 is 0. The van der Waals surface area contributed by atoms with Crippen LogP contribution in [0.1, 0.15) is 24.8 Å². The fraction of sp³-hybridized carbons (Fsp3) is 0.462. The second-order valence-electron chi connectivity index (χ2n) is 4.35. The molecule has 0 radical (unpaired) electrons. The molecule has 0 spiro atoms. The van der Waals surface area contributed by atoms with E-state index in [-0.39, 0.29) is 0 Å². The molecule has 2 rings (SSSR count). The standard InChI is InChI=1S/C13H16ClN3/c14-11-4-5-13(10(7-11)8-15)17-6-2-1-3-12(17)9-16/h4-5,7,12H,1-3,6,9,16H2. The van der Waals surface area contributed by atoms with Crippen LogP contribution in [0.5, 0.6) is 0 Å². The number of piperidine rings is 1. The topological polar surface area (TPSA) is 53.0 Å². The number of anilines is 1. The van der Waals surface area contributed by atoms with E-state index in [1.54, 1.807) is 6.07 Å². The molecule has 1 atom stereocenters. The minimum absolute atomic E-state index is 0.344. The molecule has 1 heterocycles. The lowest BCUT2D eigenvalue weighted by atomic mass is 10.00. The van der Waals surface area contributed by atoms with Crippen LogP contribution in [0.25, 0.3) is 0 Å². The maximum atomic E-state index is 9.17. The highest BCUT2D eigenvalue weighted by Crippen LogP contribution is 2.29. The smallest absolute Gasteiger partial charge is 0.101 e. The van der Waals surface area contributed by atoms with Crippen molar-refractivity contribution in [3.63, 3.8) is 0 Å². The third-order valence-electron chi connectivity index (χ3n) is 3.29. The number of halogens is 1. The van der Waals surface area contributed by atoms with E-state index in [9.17, 15) is 0 Å². The molecule has 0 aliphatic carbocycles. The normalized spacial score (nSPS) is 20.1. The molecule has 1 saturated heterocycles. The van der Waals surface area contributed by atoms with E-state index in [4.69, 9.17) is 22.6 Å². The van der Waals surface area contributed by atoms with E-state index < -0.39 is 0 Å². The lowest BCUT2D eigenvalue weighted by Crippen LogP contribution is -2.44. The van der Waals surface area contributed by atoms with Crippen LogP contribution in [0.2, 0.25) is 5.02 Å². The Morgan fingerprint density at radius 1 is 1.47 bits per heavy atom. The van der Waals surface area contributed by atoms with Crippen LogP contribution in [0.15, 0.2) is 18.2 Å². The van der Waals surface area contributed by atoms with Gasteiger partial charge < -0.3 is 10.6 Å². The predicted octanol–water partition coefficient (Wildman–Crippen LogP) is 2.53. The molecular weight excluding hydrogens is 234 g/mol. The zero-order valence-corrected chi connectivity index (χ0v) is 10.5. The third-order valence-corrected chi connectivity index (χ3v) is 3.52. The van der Waals surface area contributed by atoms with Crippen LogP contribution in [0.4, 0.5) is 5.69 Å². The van der Waals surface area contributed by atoms with E-state index in [0.29, 0.717) is 23.2 Å². The van der Waals surface area contributed by atoms with Gasteiger partial charge in [-0.3, -0.25) is 0 Å². The number of nitrogens with zero attached hydrogens (tertiary/aromatic N) is 2. The van der Waals surface area contributed by atoms with Crippen LogP contribution in [-0.4, -0.2) is 19.1 Å². The van der Waals surface area contributed by atoms with Crippen LogP contribution in [0.3, 0.4) is 0 Å². The van der Waals surface area contributed by atoms with Crippen molar-refractivity contribution in [2.75, 3.05) is 18.0 Å². The van der Waals surface area contributed by atoms with E-state index in [2.05, 4.69) is 11.0 Å². The van der Waals surface area contributed by atoms with Gasteiger partial charge in [-0.15, -0.1) is 0 Å². The lowest BCUT2D eigenvalue weighted by Gasteiger charge is -2.37. The zero-order chi connectivity index (χ0) is 12.3. The second-order valence-corrected chi connectivity index (χ2v) is 4.79. The first kappa shape index (κ1) is 12.2. The van der Waals surface area contributed by atoms with E-state index >= 15 is 0 Å². The number of benzene rings is 1. The predicted molar refractivity (Wildman–Crippen MR) is 70.2 cm³/mol. The first-order valence-corrected chi connectivity index (χ1v) is 6.30. The summed E-state index contributed by atoms with van der Waals surface area (Å²) in [7, 11) is 0. The Bertz CT molecular complexity index is 439. The van der Waals surface area contributed by atoms with E-state index in [1.807, 2.05) is 12.1 Å². The molecule has 17 heavy (non-hydrogen) atoms. The zero-order valence-electron chi connectivity index (χ0n) is 9.69. The van der Waals surface area contributed by atoms with Crippen molar-refractivity contribution in [2.45, 2.75) is 25.3 Å². The van der Waals surface area contributed by atoms with Gasteiger partial charge in [0.15, 0.2) is 0 Å². The van der Waals surface area contributed by atoms with Crippen LogP contribution < -0.4 is 10.6 Å². The molecule has 4 heteroatoms. The number of nitriles is 1. The summed E-state index contributed by atoms with van der Waals surface area (Å²) >= 11 is 5.91. The Balaban J connectivity index is 2.35. The van der Waals surface area contributed by atoms with Crippen LogP contribution in [0, 0.1) is 11.3 Å². The molecule has 0 amide bonds. The van der Waals surface area contributed by atoms with Crippen molar-refractivity contribution in [1.29, 1.82) is 5.26 Å².